The summed E-state index contributed by atoms with van der Waals surface area (Å²) in [5, 5.41) is 0.621. The van der Waals surface area contributed by atoms with Crippen LogP contribution in [0.4, 0.5) is 5.69 Å². The van der Waals surface area contributed by atoms with Gasteiger partial charge in [-0.15, -0.1) is 0 Å². The molecule has 1 saturated heterocycles. The normalized spacial score (nSPS) is 15.7. The second-order valence-corrected chi connectivity index (χ2v) is 7.10. The first-order valence-electron chi connectivity index (χ1n) is 9.20. The molecule has 4 rings (SSSR count). The minimum atomic E-state index is -0.0977. The molecule has 0 spiro atoms. The zero-order chi connectivity index (χ0) is 18.1. The Hall–Kier alpha value is -2.66. The van der Waals surface area contributed by atoms with Crippen molar-refractivity contribution >= 4 is 16.6 Å². The maximum absolute atomic E-state index is 12.3. The van der Waals surface area contributed by atoms with Gasteiger partial charge in [0.2, 0.25) is 0 Å². The molecule has 0 aliphatic carbocycles. The van der Waals surface area contributed by atoms with Crippen molar-refractivity contribution in [3.63, 3.8) is 0 Å². The minimum absolute atomic E-state index is 0.0977. The molecule has 5 heteroatoms. The SMILES string of the molecule is CC(C)N1CCN(c2ccc(-c3nc4ccccc4c(=O)[nH]3)cc2)CC1. The van der Waals surface area contributed by atoms with Crippen LogP contribution in [0.15, 0.2) is 53.3 Å². The fourth-order valence-electron chi connectivity index (χ4n) is 3.55. The van der Waals surface area contributed by atoms with Gasteiger partial charge in [-0.2, -0.15) is 0 Å². The number of piperazine rings is 1. The highest BCUT2D eigenvalue weighted by Gasteiger charge is 2.19. The van der Waals surface area contributed by atoms with Gasteiger partial charge in [0, 0.05) is 43.5 Å². The number of aromatic amines is 1. The molecule has 0 amide bonds. The minimum Gasteiger partial charge on any atom is -0.369 e. The monoisotopic (exact) mass is 348 g/mol. The number of H-pyrrole nitrogens is 1. The summed E-state index contributed by atoms with van der Waals surface area (Å²) in [6.07, 6.45) is 0. The van der Waals surface area contributed by atoms with Crippen LogP contribution in [0.1, 0.15) is 13.8 Å². The van der Waals surface area contributed by atoms with E-state index in [0.29, 0.717) is 17.3 Å². The van der Waals surface area contributed by atoms with E-state index in [1.54, 1.807) is 6.07 Å². The van der Waals surface area contributed by atoms with Gasteiger partial charge in [0.05, 0.1) is 10.9 Å². The van der Waals surface area contributed by atoms with E-state index >= 15 is 0 Å². The Morgan fingerprint density at radius 3 is 2.35 bits per heavy atom. The summed E-state index contributed by atoms with van der Waals surface area (Å²) >= 11 is 0. The number of benzene rings is 2. The summed E-state index contributed by atoms with van der Waals surface area (Å²) in [5.74, 6) is 0.616. The van der Waals surface area contributed by atoms with Crippen LogP contribution in [0, 0.1) is 0 Å². The summed E-state index contributed by atoms with van der Waals surface area (Å²) in [6, 6.07) is 16.3. The molecular formula is C21H24N4O. The second-order valence-electron chi connectivity index (χ2n) is 7.10. The number of para-hydroxylation sites is 1. The van der Waals surface area contributed by atoms with Crippen LogP contribution < -0.4 is 10.5 Å². The van der Waals surface area contributed by atoms with Gasteiger partial charge in [-0.25, -0.2) is 4.98 Å². The fraction of sp³-hybridized carbons (Fsp3) is 0.333. The topological polar surface area (TPSA) is 52.2 Å². The quantitative estimate of drug-likeness (QED) is 0.790. The third-order valence-corrected chi connectivity index (χ3v) is 5.16. The zero-order valence-corrected chi connectivity index (χ0v) is 15.3. The fourth-order valence-corrected chi connectivity index (χ4v) is 3.55. The van der Waals surface area contributed by atoms with Crippen molar-refractivity contribution in [3.8, 4) is 11.4 Å². The lowest BCUT2D eigenvalue weighted by Gasteiger charge is -2.38. The molecule has 0 unspecified atom stereocenters. The zero-order valence-electron chi connectivity index (χ0n) is 15.3. The summed E-state index contributed by atoms with van der Waals surface area (Å²) in [6.45, 7) is 8.78. The predicted octanol–water partition coefficient (Wildman–Crippen LogP) is 3.12. The number of hydrogen-bond donors (Lipinski definition) is 1. The molecule has 3 aromatic rings. The standard InChI is InChI=1S/C21H24N4O/c1-15(2)24-11-13-25(14-12-24)17-9-7-16(8-10-17)20-22-19-6-4-3-5-18(19)21(26)23-20/h3-10,15H,11-14H2,1-2H3,(H,22,23,26). The van der Waals surface area contributed by atoms with Gasteiger partial charge in [0.1, 0.15) is 5.82 Å². The highest BCUT2D eigenvalue weighted by Crippen LogP contribution is 2.22. The third kappa shape index (κ3) is 3.22. The Balaban J connectivity index is 1.56. The predicted molar refractivity (Wildman–Crippen MR) is 107 cm³/mol. The van der Waals surface area contributed by atoms with Gasteiger partial charge in [-0.1, -0.05) is 12.1 Å². The summed E-state index contributed by atoms with van der Waals surface area (Å²) in [7, 11) is 0. The van der Waals surface area contributed by atoms with Crippen molar-refractivity contribution in [3.05, 3.63) is 58.9 Å². The van der Waals surface area contributed by atoms with E-state index in [1.807, 2.05) is 30.3 Å². The van der Waals surface area contributed by atoms with Crippen LogP contribution in [-0.2, 0) is 0 Å². The molecule has 1 aliphatic rings. The first-order valence-corrected chi connectivity index (χ1v) is 9.20. The van der Waals surface area contributed by atoms with Crippen LogP contribution >= 0.6 is 0 Å². The number of hydrogen-bond acceptors (Lipinski definition) is 4. The van der Waals surface area contributed by atoms with Crippen molar-refractivity contribution in [2.75, 3.05) is 31.1 Å². The van der Waals surface area contributed by atoms with Gasteiger partial charge >= 0.3 is 0 Å². The summed E-state index contributed by atoms with van der Waals surface area (Å²) < 4.78 is 0. The molecule has 5 nitrogen and oxygen atoms in total. The number of nitrogens with one attached hydrogen (secondary N) is 1. The molecule has 1 aromatic heterocycles. The Kier molecular flexibility index (Phi) is 4.47. The van der Waals surface area contributed by atoms with Crippen LogP contribution in [0.25, 0.3) is 22.3 Å². The van der Waals surface area contributed by atoms with Crippen molar-refractivity contribution in [2.24, 2.45) is 0 Å². The van der Waals surface area contributed by atoms with Crippen molar-refractivity contribution < 1.29 is 0 Å². The van der Waals surface area contributed by atoms with E-state index in [2.05, 4.69) is 45.7 Å². The lowest BCUT2D eigenvalue weighted by atomic mass is 10.1. The number of anilines is 1. The van der Waals surface area contributed by atoms with E-state index in [9.17, 15) is 4.79 Å². The van der Waals surface area contributed by atoms with Crippen LogP contribution in [-0.4, -0.2) is 47.1 Å². The first kappa shape index (κ1) is 16.8. The van der Waals surface area contributed by atoms with Crippen molar-refractivity contribution in [1.29, 1.82) is 0 Å². The molecule has 2 heterocycles. The van der Waals surface area contributed by atoms with Gasteiger partial charge in [0.15, 0.2) is 0 Å². The van der Waals surface area contributed by atoms with Crippen molar-refractivity contribution in [2.45, 2.75) is 19.9 Å². The van der Waals surface area contributed by atoms with Gasteiger partial charge in [-0.05, 0) is 50.2 Å². The maximum Gasteiger partial charge on any atom is 0.259 e. The van der Waals surface area contributed by atoms with Gasteiger partial charge in [0.25, 0.3) is 5.56 Å². The molecule has 0 atom stereocenters. The summed E-state index contributed by atoms with van der Waals surface area (Å²) in [4.78, 5) is 24.7. The lowest BCUT2D eigenvalue weighted by Crippen LogP contribution is -2.48. The first-order chi connectivity index (χ1) is 12.6. The molecular weight excluding hydrogens is 324 g/mol. The molecule has 0 saturated carbocycles. The maximum atomic E-state index is 12.3. The largest absolute Gasteiger partial charge is 0.369 e. The average molecular weight is 348 g/mol. The number of nitrogens with zero attached hydrogens (tertiary/aromatic N) is 3. The number of rotatable bonds is 3. The summed E-state index contributed by atoms with van der Waals surface area (Å²) in [5.41, 5.74) is 2.78. The van der Waals surface area contributed by atoms with E-state index < -0.39 is 0 Å². The molecule has 0 radical (unpaired) electrons. The van der Waals surface area contributed by atoms with E-state index in [-0.39, 0.29) is 5.56 Å². The Bertz CT molecular complexity index is 954. The van der Waals surface area contributed by atoms with E-state index in [1.165, 1.54) is 5.69 Å². The Morgan fingerprint density at radius 1 is 0.962 bits per heavy atom. The average Bonchev–Trinajstić information content (AvgIpc) is 2.68. The van der Waals surface area contributed by atoms with Crippen LogP contribution in [0.3, 0.4) is 0 Å². The lowest BCUT2D eigenvalue weighted by molar-refractivity contribution is 0.209. The Morgan fingerprint density at radius 2 is 1.65 bits per heavy atom. The van der Waals surface area contributed by atoms with Crippen molar-refractivity contribution in [1.82, 2.24) is 14.9 Å². The molecule has 134 valence electrons. The van der Waals surface area contributed by atoms with Gasteiger partial charge < -0.3 is 9.88 Å². The van der Waals surface area contributed by atoms with E-state index in [0.717, 1.165) is 37.3 Å². The highest BCUT2D eigenvalue weighted by molar-refractivity contribution is 5.79. The Labute approximate surface area is 153 Å². The second kappa shape index (κ2) is 6.92. The highest BCUT2D eigenvalue weighted by atomic mass is 16.1. The number of fused-ring (bicyclic) bond motifs is 1. The molecule has 2 aromatic carbocycles. The molecule has 1 aliphatic heterocycles. The smallest absolute Gasteiger partial charge is 0.259 e. The molecule has 0 bridgehead atoms. The molecule has 1 fully saturated rings. The molecule has 1 N–H and O–H groups in total. The molecule has 26 heavy (non-hydrogen) atoms. The van der Waals surface area contributed by atoms with Crippen LogP contribution in [0.5, 0.6) is 0 Å². The third-order valence-electron chi connectivity index (χ3n) is 5.16. The van der Waals surface area contributed by atoms with Crippen LogP contribution in [0.2, 0.25) is 0 Å². The number of aromatic nitrogens is 2. The van der Waals surface area contributed by atoms with E-state index in [4.69, 9.17) is 0 Å². The van der Waals surface area contributed by atoms with Gasteiger partial charge in [-0.3, -0.25) is 9.69 Å².